The predicted octanol–water partition coefficient (Wildman–Crippen LogP) is 2.29. The minimum absolute atomic E-state index is 0.0900. The SMILES string of the molecule is O=C(c1ccco1)N1CC(n2cc(COCc3ccccc3)nn2)C1. The second-order valence-corrected chi connectivity index (χ2v) is 6.01. The van der Waals surface area contributed by atoms with Crippen LogP contribution in [0.4, 0.5) is 0 Å². The maximum Gasteiger partial charge on any atom is 0.289 e. The smallest absolute Gasteiger partial charge is 0.289 e. The average Bonchev–Trinajstić information content (AvgIpc) is 3.26. The van der Waals surface area contributed by atoms with Gasteiger partial charge in [-0.2, -0.15) is 0 Å². The Bertz CT molecular complexity index is 823. The number of aromatic nitrogens is 3. The van der Waals surface area contributed by atoms with Crippen molar-refractivity contribution in [2.45, 2.75) is 19.3 Å². The van der Waals surface area contributed by atoms with Gasteiger partial charge in [-0.15, -0.1) is 5.10 Å². The van der Waals surface area contributed by atoms with Gasteiger partial charge in [-0.1, -0.05) is 35.5 Å². The van der Waals surface area contributed by atoms with Gasteiger partial charge < -0.3 is 14.1 Å². The summed E-state index contributed by atoms with van der Waals surface area (Å²) in [7, 11) is 0. The molecule has 1 aromatic carbocycles. The summed E-state index contributed by atoms with van der Waals surface area (Å²) in [5.74, 6) is 0.278. The van der Waals surface area contributed by atoms with Crippen LogP contribution in [0.2, 0.25) is 0 Å². The Balaban J connectivity index is 1.26. The molecule has 0 bridgehead atoms. The zero-order valence-electron chi connectivity index (χ0n) is 13.6. The maximum absolute atomic E-state index is 12.1. The van der Waals surface area contributed by atoms with Crippen LogP contribution in [0, 0.1) is 0 Å². The van der Waals surface area contributed by atoms with Gasteiger partial charge in [-0.25, -0.2) is 4.68 Å². The lowest BCUT2D eigenvalue weighted by Crippen LogP contribution is -2.50. The molecule has 1 saturated heterocycles. The average molecular weight is 338 g/mol. The van der Waals surface area contributed by atoms with E-state index in [0.717, 1.165) is 11.3 Å². The number of furan rings is 1. The summed E-state index contributed by atoms with van der Waals surface area (Å²) >= 11 is 0. The molecular formula is C18H18N4O3. The Hall–Kier alpha value is -2.93. The van der Waals surface area contributed by atoms with Gasteiger partial charge in [0.05, 0.1) is 31.7 Å². The van der Waals surface area contributed by atoms with Gasteiger partial charge in [0.2, 0.25) is 0 Å². The van der Waals surface area contributed by atoms with Crippen LogP contribution in [0.3, 0.4) is 0 Å². The number of amides is 1. The van der Waals surface area contributed by atoms with Crippen molar-refractivity contribution < 1.29 is 13.9 Å². The predicted molar refractivity (Wildman–Crippen MR) is 88.6 cm³/mol. The minimum Gasteiger partial charge on any atom is -0.459 e. The Morgan fingerprint density at radius 1 is 1.16 bits per heavy atom. The quantitative estimate of drug-likeness (QED) is 0.689. The lowest BCUT2D eigenvalue weighted by Gasteiger charge is -2.38. The number of benzene rings is 1. The third kappa shape index (κ3) is 3.46. The first-order valence-corrected chi connectivity index (χ1v) is 8.15. The molecule has 0 unspecified atom stereocenters. The van der Waals surface area contributed by atoms with Crippen molar-refractivity contribution in [2.75, 3.05) is 13.1 Å². The number of nitrogens with zero attached hydrogens (tertiary/aromatic N) is 4. The van der Waals surface area contributed by atoms with Gasteiger partial charge in [0.1, 0.15) is 5.69 Å². The van der Waals surface area contributed by atoms with Crippen LogP contribution in [0.1, 0.15) is 27.9 Å². The third-order valence-electron chi connectivity index (χ3n) is 4.17. The fraction of sp³-hybridized carbons (Fsp3) is 0.278. The molecule has 1 aliphatic rings. The summed E-state index contributed by atoms with van der Waals surface area (Å²) in [6, 6.07) is 13.5. The van der Waals surface area contributed by atoms with Gasteiger partial charge in [-0.05, 0) is 17.7 Å². The number of rotatable bonds is 6. The minimum atomic E-state index is -0.0900. The molecule has 0 N–H and O–H groups in total. The summed E-state index contributed by atoms with van der Waals surface area (Å²) in [6.07, 6.45) is 3.38. The summed E-state index contributed by atoms with van der Waals surface area (Å²) in [5.41, 5.74) is 1.91. The molecule has 0 atom stereocenters. The molecule has 0 spiro atoms. The number of hydrogen-bond acceptors (Lipinski definition) is 5. The Labute approximate surface area is 144 Å². The molecule has 0 radical (unpaired) electrons. The van der Waals surface area contributed by atoms with Crippen molar-refractivity contribution in [3.05, 3.63) is 71.9 Å². The van der Waals surface area contributed by atoms with Crippen molar-refractivity contribution in [2.24, 2.45) is 0 Å². The summed E-state index contributed by atoms with van der Waals surface area (Å²) < 4.78 is 12.6. The van der Waals surface area contributed by atoms with E-state index >= 15 is 0 Å². The van der Waals surface area contributed by atoms with E-state index in [9.17, 15) is 4.79 Å². The van der Waals surface area contributed by atoms with Crippen molar-refractivity contribution in [1.29, 1.82) is 0 Å². The van der Waals surface area contributed by atoms with Crippen LogP contribution >= 0.6 is 0 Å². The van der Waals surface area contributed by atoms with Crippen molar-refractivity contribution in [1.82, 2.24) is 19.9 Å². The molecule has 7 heteroatoms. The van der Waals surface area contributed by atoms with Crippen LogP contribution < -0.4 is 0 Å². The normalized spacial score (nSPS) is 14.5. The zero-order valence-corrected chi connectivity index (χ0v) is 13.6. The van der Waals surface area contributed by atoms with E-state index in [2.05, 4.69) is 10.3 Å². The number of likely N-dealkylation sites (tertiary alicyclic amines) is 1. The van der Waals surface area contributed by atoms with Gasteiger partial charge in [-0.3, -0.25) is 4.79 Å². The first-order valence-electron chi connectivity index (χ1n) is 8.15. The molecule has 0 saturated carbocycles. The molecule has 128 valence electrons. The van der Waals surface area contributed by atoms with E-state index < -0.39 is 0 Å². The van der Waals surface area contributed by atoms with Gasteiger partial charge in [0.25, 0.3) is 5.91 Å². The molecule has 0 aliphatic carbocycles. The van der Waals surface area contributed by atoms with Crippen molar-refractivity contribution in [3.8, 4) is 0 Å². The Morgan fingerprint density at radius 3 is 2.76 bits per heavy atom. The lowest BCUT2D eigenvalue weighted by atomic mass is 10.1. The fourth-order valence-corrected chi connectivity index (χ4v) is 2.75. The van der Waals surface area contributed by atoms with Gasteiger partial charge >= 0.3 is 0 Å². The molecule has 3 heterocycles. The molecule has 3 aromatic rings. The van der Waals surface area contributed by atoms with Crippen LogP contribution in [-0.4, -0.2) is 38.9 Å². The number of carbonyl (C=O) groups is 1. The van der Waals surface area contributed by atoms with Crippen molar-refractivity contribution >= 4 is 5.91 Å². The van der Waals surface area contributed by atoms with E-state index in [1.54, 1.807) is 21.7 Å². The topological polar surface area (TPSA) is 73.4 Å². The third-order valence-corrected chi connectivity index (χ3v) is 4.17. The fourth-order valence-electron chi connectivity index (χ4n) is 2.75. The lowest BCUT2D eigenvalue weighted by molar-refractivity contribution is 0.0466. The molecule has 7 nitrogen and oxygen atoms in total. The van der Waals surface area contributed by atoms with Gasteiger partial charge in [0, 0.05) is 13.1 Å². The summed E-state index contributed by atoms with van der Waals surface area (Å²) in [5, 5.41) is 8.28. The Morgan fingerprint density at radius 2 is 2.00 bits per heavy atom. The summed E-state index contributed by atoms with van der Waals surface area (Å²) in [4.78, 5) is 13.8. The molecular weight excluding hydrogens is 320 g/mol. The molecule has 1 amide bonds. The Kier molecular flexibility index (Phi) is 4.30. The standard InChI is InChI=1S/C18H18N4O3/c23-18(17-7-4-8-25-17)21-10-16(11-21)22-9-15(19-20-22)13-24-12-14-5-2-1-3-6-14/h1-9,16H,10-13H2. The molecule has 1 aliphatic heterocycles. The molecule has 2 aromatic heterocycles. The number of ether oxygens (including phenoxy) is 1. The largest absolute Gasteiger partial charge is 0.459 e. The molecule has 25 heavy (non-hydrogen) atoms. The second kappa shape index (κ2) is 6.90. The first kappa shape index (κ1) is 15.6. The highest BCUT2D eigenvalue weighted by Gasteiger charge is 2.34. The van der Waals surface area contributed by atoms with E-state index in [1.165, 1.54) is 6.26 Å². The van der Waals surface area contributed by atoms with E-state index in [0.29, 0.717) is 32.1 Å². The van der Waals surface area contributed by atoms with E-state index in [-0.39, 0.29) is 11.9 Å². The highest BCUT2D eigenvalue weighted by Crippen LogP contribution is 2.22. The summed E-state index contributed by atoms with van der Waals surface area (Å²) in [6.45, 7) is 2.17. The maximum atomic E-state index is 12.1. The van der Waals surface area contributed by atoms with E-state index in [4.69, 9.17) is 9.15 Å². The highest BCUT2D eigenvalue weighted by molar-refractivity contribution is 5.92. The van der Waals surface area contributed by atoms with Crippen LogP contribution in [0.25, 0.3) is 0 Å². The van der Waals surface area contributed by atoms with Crippen molar-refractivity contribution in [3.63, 3.8) is 0 Å². The highest BCUT2D eigenvalue weighted by atomic mass is 16.5. The second-order valence-electron chi connectivity index (χ2n) is 6.01. The monoisotopic (exact) mass is 338 g/mol. The molecule has 4 rings (SSSR count). The number of hydrogen-bond donors (Lipinski definition) is 0. The molecule has 1 fully saturated rings. The van der Waals surface area contributed by atoms with Gasteiger partial charge in [0.15, 0.2) is 5.76 Å². The van der Waals surface area contributed by atoms with Crippen LogP contribution in [0.5, 0.6) is 0 Å². The zero-order chi connectivity index (χ0) is 17.1. The van der Waals surface area contributed by atoms with Crippen LogP contribution in [0.15, 0.2) is 59.3 Å². The number of carbonyl (C=O) groups excluding carboxylic acids is 1. The van der Waals surface area contributed by atoms with E-state index in [1.807, 2.05) is 36.5 Å². The first-order chi connectivity index (χ1) is 12.3. The van der Waals surface area contributed by atoms with Crippen LogP contribution in [-0.2, 0) is 18.0 Å².